The third-order valence-electron chi connectivity index (χ3n) is 3.35. The summed E-state index contributed by atoms with van der Waals surface area (Å²) < 4.78 is 14.7. The molecule has 2 rings (SSSR count). The molecule has 1 aromatic carbocycles. The molecule has 0 aliphatic rings. The number of amides is 1. The number of nitrogens with zero attached hydrogens (tertiary/aromatic N) is 3. The zero-order chi connectivity index (χ0) is 15.6. The first kappa shape index (κ1) is 15.0. The fraction of sp³-hybridized carbons (Fsp3) is 0.333. The molecule has 0 atom stereocenters. The van der Waals surface area contributed by atoms with Crippen molar-refractivity contribution >= 4 is 11.6 Å². The third kappa shape index (κ3) is 3.04. The van der Waals surface area contributed by atoms with Crippen molar-refractivity contribution in [2.75, 3.05) is 12.8 Å². The molecule has 1 heterocycles. The van der Waals surface area contributed by atoms with Crippen LogP contribution in [0.25, 0.3) is 0 Å². The number of benzene rings is 1. The summed E-state index contributed by atoms with van der Waals surface area (Å²) in [6, 6.07) is 6.18. The summed E-state index contributed by atoms with van der Waals surface area (Å²) in [5.74, 6) is -0.548. The van der Waals surface area contributed by atoms with E-state index in [1.165, 1.54) is 21.7 Å². The van der Waals surface area contributed by atoms with Gasteiger partial charge in [-0.15, -0.1) is 0 Å². The van der Waals surface area contributed by atoms with Crippen molar-refractivity contribution in [3.63, 3.8) is 0 Å². The van der Waals surface area contributed by atoms with E-state index < -0.39 is 0 Å². The molecule has 2 aromatic rings. The highest BCUT2D eigenvalue weighted by molar-refractivity contribution is 5.97. The van der Waals surface area contributed by atoms with E-state index in [1.54, 1.807) is 26.2 Å². The highest BCUT2D eigenvalue weighted by Crippen LogP contribution is 2.19. The summed E-state index contributed by atoms with van der Waals surface area (Å²) in [7, 11) is 3.35. The van der Waals surface area contributed by atoms with Gasteiger partial charge in [0, 0.05) is 20.6 Å². The van der Waals surface area contributed by atoms with Crippen LogP contribution in [-0.4, -0.2) is 27.6 Å². The molecule has 21 heavy (non-hydrogen) atoms. The molecular formula is C15H19FN4O. The SMILES string of the molecule is CCc1nn(C)c(C(=O)N(C)Cc2cccc(F)c2)c1N. The maximum atomic E-state index is 13.2. The van der Waals surface area contributed by atoms with Crippen LogP contribution < -0.4 is 5.73 Å². The first-order chi connectivity index (χ1) is 9.93. The maximum Gasteiger partial charge on any atom is 0.274 e. The van der Waals surface area contributed by atoms with Crippen molar-refractivity contribution in [1.82, 2.24) is 14.7 Å². The molecule has 0 aliphatic heterocycles. The quantitative estimate of drug-likeness (QED) is 0.936. The topological polar surface area (TPSA) is 64.2 Å². The van der Waals surface area contributed by atoms with Gasteiger partial charge in [-0.25, -0.2) is 4.39 Å². The normalized spacial score (nSPS) is 10.7. The second-order valence-corrected chi connectivity index (χ2v) is 4.98. The minimum absolute atomic E-state index is 0.230. The van der Waals surface area contributed by atoms with Gasteiger partial charge in [-0.1, -0.05) is 19.1 Å². The van der Waals surface area contributed by atoms with Gasteiger partial charge >= 0.3 is 0 Å². The molecule has 0 saturated heterocycles. The fourth-order valence-electron chi connectivity index (χ4n) is 2.27. The number of anilines is 1. The highest BCUT2D eigenvalue weighted by Gasteiger charge is 2.22. The average molecular weight is 290 g/mol. The number of halogens is 1. The van der Waals surface area contributed by atoms with E-state index >= 15 is 0 Å². The molecule has 0 radical (unpaired) electrons. The summed E-state index contributed by atoms with van der Waals surface area (Å²) in [6.45, 7) is 2.24. The Morgan fingerprint density at radius 2 is 2.19 bits per heavy atom. The van der Waals surface area contributed by atoms with Crippen molar-refractivity contribution in [3.8, 4) is 0 Å². The maximum absolute atomic E-state index is 13.2. The van der Waals surface area contributed by atoms with Crippen LogP contribution in [0.5, 0.6) is 0 Å². The van der Waals surface area contributed by atoms with Gasteiger partial charge in [0.1, 0.15) is 11.5 Å². The molecule has 5 nitrogen and oxygen atoms in total. The summed E-state index contributed by atoms with van der Waals surface area (Å²) in [5, 5.41) is 4.24. The molecule has 0 aliphatic carbocycles. The number of carbonyl (C=O) groups is 1. The van der Waals surface area contributed by atoms with Crippen LogP contribution in [0.4, 0.5) is 10.1 Å². The van der Waals surface area contributed by atoms with Crippen molar-refractivity contribution in [2.45, 2.75) is 19.9 Å². The van der Waals surface area contributed by atoms with Crippen molar-refractivity contribution in [1.29, 1.82) is 0 Å². The van der Waals surface area contributed by atoms with Gasteiger partial charge < -0.3 is 10.6 Å². The molecule has 0 bridgehead atoms. The van der Waals surface area contributed by atoms with Crippen molar-refractivity contribution < 1.29 is 9.18 Å². The number of nitrogens with two attached hydrogens (primary N) is 1. The smallest absolute Gasteiger partial charge is 0.274 e. The predicted molar refractivity (Wildman–Crippen MR) is 79.2 cm³/mol. The van der Waals surface area contributed by atoms with Crippen LogP contribution in [-0.2, 0) is 20.0 Å². The molecule has 2 N–H and O–H groups in total. The van der Waals surface area contributed by atoms with E-state index in [2.05, 4.69) is 5.10 Å². The summed E-state index contributed by atoms with van der Waals surface area (Å²) >= 11 is 0. The van der Waals surface area contributed by atoms with Crippen LogP contribution in [0.15, 0.2) is 24.3 Å². The van der Waals surface area contributed by atoms with Crippen LogP contribution in [0.2, 0.25) is 0 Å². The van der Waals surface area contributed by atoms with Crippen LogP contribution in [0.1, 0.15) is 28.7 Å². The Hall–Kier alpha value is -2.37. The van der Waals surface area contributed by atoms with Crippen molar-refractivity contribution in [3.05, 3.63) is 47.0 Å². The van der Waals surface area contributed by atoms with E-state index in [-0.39, 0.29) is 11.7 Å². The lowest BCUT2D eigenvalue weighted by atomic mass is 10.2. The molecule has 0 saturated carbocycles. The van der Waals surface area contributed by atoms with E-state index in [0.29, 0.717) is 30.0 Å². The zero-order valence-electron chi connectivity index (χ0n) is 12.4. The lowest BCUT2D eigenvalue weighted by molar-refractivity contribution is 0.0775. The summed E-state index contributed by atoms with van der Waals surface area (Å²) in [6.07, 6.45) is 0.667. The van der Waals surface area contributed by atoms with Crippen LogP contribution >= 0.6 is 0 Å². The zero-order valence-corrected chi connectivity index (χ0v) is 12.4. The lowest BCUT2D eigenvalue weighted by Crippen LogP contribution is -2.28. The second kappa shape index (κ2) is 5.95. The van der Waals surface area contributed by atoms with Crippen LogP contribution in [0, 0.1) is 5.82 Å². The van der Waals surface area contributed by atoms with E-state index in [1.807, 2.05) is 6.92 Å². The highest BCUT2D eigenvalue weighted by atomic mass is 19.1. The molecule has 6 heteroatoms. The predicted octanol–water partition coefficient (Wildman–Crippen LogP) is 1.98. The molecule has 0 unspecified atom stereocenters. The van der Waals surface area contributed by atoms with Gasteiger partial charge in [0.15, 0.2) is 0 Å². The Labute approximate surface area is 123 Å². The molecule has 112 valence electrons. The van der Waals surface area contributed by atoms with Crippen molar-refractivity contribution in [2.24, 2.45) is 7.05 Å². The molecular weight excluding hydrogens is 271 g/mol. The van der Waals surface area contributed by atoms with Gasteiger partial charge in [-0.3, -0.25) is 9.48 Å². The molecule has 1 aromatic heterocycles. The van der Waals surface area contributed by atoms with Gasteiger partial charge in [0.2, 0.25) is 0 Å². The number of rotatable bonds is 4. The monoisotopic (exact) mass is 290 g/mol. The number of carbonyl (C=O) groups excluding carboxylic acids is 1. The number of aryl methyl sites for hydroxylation is 2. The average Bonchev–Trinajstić information content (AvgIpc) is 2.72. The third-order valence-corrected chi connectivity index (χ3v) is 3.35. The van der Waals surface area contributed by atoms with E-state index in [9.17, 15) is 9.18 Å². The lowest BCUT2D eigenvalue weighted by Gasteiger charge is -2.17. The van der Waals surface area contributed by atoms with Gasteiger partial charge in [-0.05, 0) is 24.1 Å². The minimum Gasteiger partial charge on any atom is -0.395 e. The second-order valence-electron chi connectivity index (χ2n) is 4.98. The summed E-state index contributed by atoms with van der Waals surface area (Å²) in [4.78, 5) is 14.0. The Kier molecular flexibility index (Phi) is 4.26. The van der Waals surface area contributed by atoms with Crippen LogP contribution in [0.3, 0.4) is 0 Å². The largest absolute Gasteiger partial charge is 0.395 e. The Morgan fingerprint density at radius 3 is 2.76 bits per heavy atom. The Morgan fingerprint density at radius 1 is 1.48 bits per heavy atom. The van der Waals surface area contributed by atoms with Gasteiger partial charge in [-0.2, -0.15) is 5.10 Å². The molecule has 0 spiro atoms. The van der Waals surface area contributed by atoms with Gasteiger partial charge in [0.25, 0.3) is 5.91 Å². The Bertz CT molecular complexity index is 666. The number of nitrogen functional groups attached to an aromatic ring is 1. The number of aromatic nitrogens is 2. The van der Waals surface area contributed by atoms with Gasteiger partial charge in [0.05, 0.1) is 11.4 Å². The molecule has 1 amide bonds. The van der Waals surface area contributed by atoms with E-state index in [4.69, 9.17) is 5.73 Å². The molecule has 0 fully saturated rings. The Balaban J connectivity index is 2.22. The minimum atomic E-state index is -0.318. The number of hydrogen-bond donors (Lipinski definition) is 1. The number of hydrogen-bond acceptors (Lipinski definition) is 3. The first-order valence-corrected chi connectivity index (χ1v) is 6.75. The first-order valence-electron chi connectivity index (χ1n) is 6.75. The fourth-order valence-corrected chi connectivity index (χ4v) is 2.27. The van der Waals surface area contributed by atoms with E-state index in [0.717, 1.165) is 5.56 Å². The summed E-state index contributed by atoms with van der Waals surface area (Å²) in [5.41, 5.74) is 8.19. The standard InChI is InChI=1S/C15H19FN4O/c1-4-12-13(17)14(20(3)18-12)15(21)19(2)9-10-6-5-7-11(16)8-10/h5-8H,4,9,17H2,1-3H3.